The third kappa shape index (κ3) is 4.11. The van der Waals surface area contributed by atoms with Gasteiger partial charge in [-0.15, -0.1) is 0 Å². The maximum atomic E-state index is 12.9. The number of methoxy groups -OCH3 is 1. The zero-order valence-electron chi connectivity index (χ0n) is 16.4. The van der Waals surface area contributed by atoms with Gasteiger partial charge in [0.2, 0.25) is 0 Å². The van der Waals surface area contributed by atoms with E-state index in [1.165, 1.54) is 18.1 Å². The van der Waals surface area contributed by atoms with Gasteiger partial charge in [-0.25, -0.2) is 0 Å². The number of ketones is 1. The van der Waals surface area contributed by atoms with E-state index in [-0.39, 0.29) is 16.4 Å². The van der Waals surface area contributed by atoms with Crippen molar-refractivity contribution in [2.24, 2.45) is 0 Å². The fourth-order valence-electron chi connectivity index (χ4n) is 3.27. The summed E-state index contributed by atoms with van der Waals surface area (Å²) in [6, 6.07) is 7.46. The molecule has 2 heterocycles. The summed E-state index contributed by atoms with van der Waals surface area (Å²) in [6.07, 6.45) is 3.20. The average Bonchev–Trinajstić information content (AvgIpc) is 2.97. The monoisotopic (exact) mass is 415 g/mol. The predicted molar refractivity (Wildman–Crippen MR) is 110 cm³/mol. The molecule has 1 atom stereocenters. The number of aliphatic hydroxyl groups is 1. The van der Waals surface area contributed by atoms with E-state index in [4.69, 9.17) is 16.3 Å². The van der Waals surface area contributed by atoms with Crippen LogP contribution in [0.25, 0.3) is 5.76 Å². The van der Waals surface area contributed by atoms with Crippen LogP contribution in [-0.4, -0.2) is 65.9 Å². The van der Waals surface area contributed by atoms with Crippen LogP contribution in [-0.2, 0) is 9.59 Å². The number of hydrogen-bond acceptors (Lipinski definition) is 6. The average molecular weight is 416 g/mol. The van der Waals surface area contributed by atoms with Gasteiger partial charge in [0.15, 0.2) is 0 Å². The molecule has 1 fully saturated rings. The summed E-state index contributed by atoms with van der Waals surface area (Å²) in [7, 11) is 5.25. The number of rotatable bonds is 6. The highest BCUT2D eigenvalue weighted by atomic mass is 35.5. The Labute approximate surface area is 174 Å². The first kappa shape index (κ1) is 20.8. The number of amides is 1. The zero-order valence-corrected chi connectivity index (χ0v) is 17.2. The van der Waals surface area contributed by atoms with Gasteiger partial charge in [-0.05, 0) is 43.9 Å². The van der Waals surface area contributed by atoms with E-state index >= 15 is 0 Å². The lowest BCUT2D eigenvalue weighted by molar-refractivity contribution is -0.140. The SMILES string of the molecule is COc1ccc(/C(O)=C2\C(=O)C(=O)N(CCN(C)C)[C@H]2c2cccnc2)cc1Cl. The molecule has 7 nitrogen and oxygen atoms in total. The summed E-state index contributed by atoms with van der Waals surface area (Å²) >= 11 is 6.18. The molecule has 1 aromatic carbocycles. The number of ether oxygens (including phenoxy) is 1. The number of benzene rings is 1. The van der Waals surface area contributed by atoms with E-state index in [1.807, 2.05) is 19.0 Å². The molecule has 1 aliphatic rings. The molecule has 152 valence electrons. The first-order valence-electron chi connectivity index (χ1n) is 9.02. The third-order valence-electron chi connectivity index (χ3n) is 4.75. The summed E-state index contributed by atoms with van der Waals surface area (Å²) in [6.45, 7) is 0.898. The van der Waals surface area contributed by atoms with Gasteiger partial charge in [0.1, 0.15) is 11.5 Å². The molecule has 1 aliphatic heterocycles. The van der Waals surface area contributed by atoms with Crippen molar-refractivity contribution in [3.63, 3.8) is 0 Å². The van der Waals surface area contributed by atoms with Gasteiger partial charge in [0, 0.05) is 31.0 Å². The molecule has 1 saturated heterocycles. The first-order valence-corrected chi connectivity index (χ1v) is 9.40. The molecular weight excluding hydrogens is 394 g/mol. The van der Waals surface area contributed by atoms with Gasteiger partial charge < -0.3 is 19.6 Å². The molecular formula is C21H22ClN3O4. The Bertz CT molecular complexity index is 960. The predicted octanol–water partition coefficient (Wildman–Crippen LogP) is 2.73. The lowest BCUT2D eigenvalue weighted by atomic mass is 9.96. The normalized spacial score (nSPS) is 18.5. The molecule has 0 aliphatic carbocycles. The minimum atomic E-state index is -0.734. The standard InChI is InChI=1S/C21H22ClN3O4/c1-24(2)9-10-25-18(14-5-4-8-23-12-14)17(20(27)21(25)28)19(26)13-6-7-16(29-3)15(22)11-13/h4-8,11-12,18,26H,9-10H2,1-3H3/b19-17+/t18-/m0/s1. The van der Waals surface area contributed by atoms with Crippen LogP contribution in [0.2, 0.25) is 5.02 Å². The molecule has 0 spiro atoms. The minimum Gasteiger partial charge on any atom is -0.507 e. The summed E-state index contributed by atoms with van der Waals surface area (Å²) in [5.41, 5.74) is 0.991. The van der Waals surface area contributed by atoms with Crippen LogP contribution >= 0.6 is 11.6 Å². The zero-order chi connectivity index (χ0) is 21.1. The van der Waals surface area contributed by atoms with Gasteiger partial charge in [0.05, 0.1) is 23.7 Å². The Balaban J connectivity index is 2.13. The summed E-state index contributed by atoms with van der Waals surface area (Å²) in [5, 5.41) is 11.3. The van der Waals surface area contributed by atoms with Gasteiger partial charge >= 0.3 is 0 Å². The number of carbonyl (C=O) groups excluding carboxylic acids is 2. The van der Waals surface area contributed by atoms with Crippen LogP contribution in [0.5, 0.6) is 5.75 Å². The highest BCUT2D eigenvalue weighted by molar-refractivity contribution is 6.46. The number of hydrogen-bond donors (Lipinski definition) is 1. The molecule has 1 amide bonds. The van der Waals surface area contributed by atoms with E-state index in [1.54, 1.807) is 36.7 Å². The molecule has 8 heteroatoms. The van der Waals surface area contributed by atoms with Crippen molar-refractivity contribution >= 4 is 29.1 Å². The smallest absolute Gasteiger partial charge is 0.295 e. The largest absolute Gasteiger partial charge is 0.507 e. The number of halogens is 1. The second-order valence-electron chi connectivity index (χ2n) is 6.93. The van der Waals surface area contributed by atoms with Crippen molar-refractivity contribution in [2.45, 2.75) is 6.04 Å². The molecule has 1 aromatic heterocycles. The van der Waals surface area contributed by atoms with Gasteiger partial charge in [0.25, 0.3) is 11.7 Å². The fraction of sp³-hybridized carbons (Fsp3) is 0.286. The molecule has 0 bridgehead atoms. The molecule has 3 rings (SSSR count). The lowest BCUT2D eigenvalue weighted by Gasteiger charge is -2.26. The van der Waals surface area contributed by atoms with Crippen molar-refractivity contribution in [1.29, 1.82) is 0 Å². The molecule has 1 N–H and O–H groups in total. The van der Waals surface area contributed by atoms with E-state index in [0.29, 0.717) is 30.0 Å². The maximum Gasteiger partial charge on any atom is 0.295 e. The fourth-order valence-corrected chi connectivity index (χ4v) is 3.53. The Morgan fingerprint density at radius 2 is 2.07 bits per heavy atom. The number of likely N-dealkylation sites (N-methyl/N-ethyl adjacent to an activating group) is 1. The van der Waals surface area contributed by atoms with Crippen LogP contribution in [0.15, 0.2) is 48.3 Å². The molecule has 0 saturated carbocycles. The topological polar surface area (TPSA) is 83.0 Å². The second kappa shape index (κ2) is 8.63. The molecule has 0 radical (unpaired) electrons. The van der Waals surface area contributed by atoms with E-state index in [2.05, 4.69) is 4.98 Å². The number of Topliss-reactive ketones (excluding diaryl/α,β-unsaturated/α-hetero) is 1. The summed E-state index contributed by atoms with van der Waals surface area (Å²) in [5.74, 6) is -1.23. The van der Waals surface area contributed by atoms with E-state index in [0.717, 1.165) is 0 Å². The first-order chi connectivity index (χ1) is 13.8. The van der Waals surface area contributed by atoms with Crippen LogP contribution < -0.4 is 4.74 Å². The number of aliphatic hydroxyl groups excluding tert-OH is 1. The van der Waals surface area contributed by atoms with Crippen molar-refractivity contribution in [2.75, 3.05) is 34.3 Å². The van der Waals surface area contributed by atoms with Gasteiger partial charge in [-0.3, -0.25) is 14.6 Å². The maximum absolute atomic E-state index is 12.9. The number of carbonyl (C=O) groups is 2. The Kier molecular flexibility index (Phi) is 6.20. The number of nitrogens with zero attached hydrogens (tertiary/aromatic N) is 3. The van der Waals surface area contributed by atoms with Crippen molar-refractivity contribution < 1.29 is 19.4 Å². The van der Waals surface area contributed by atoms with Crippen molar-refractivity contribution in [3.8, 4) is 5.75 Å². The Morgan fingerprint density at radius 1 is 1.31 bits per heavy atom. The number of likely N-dealkylation sites (tertiary alicyclic amines) is 1. The molecule has 2 aromatic rings. The Morgan fingerprint density at radius 3 is 2.66 bits per heavy atom. The highest BCUT2D eigenvalue weighted by Gasteiger charge is 2.46. The van der Waals surface area contributed by atoms with Gasteiger partial charge in [-0.2, -0.15) is 0 Å². The van der Waals surface area contributed by atoms with E-state index in [9.17, 15) is 14.7 Å². The van der Waals surface area contributed by atoms with Crippen LogP contribution in [0.1, 0.15) is 17.2 Å². The van der Waals surface area contributed by atoms with Crippen molar-refractivity contribution in [3.05, 3.63) is 64.4 Å². The molecule has 29 heavy (non-hydrogen) atoms. The van der Waals surface area contributed by atoms with Crippen LogP contribution in [0.3, 0.4) is 0 Å². The minimum absolute atomic E-state index is 0.0167. The van der Waals surface area contributed by atoms with Crippen LogP contribution in [0, 0.1) is 0 Å². The lowest BCUT2D eigenvalue weighted by Crippen LogP contribution is -2.35. The second-order valence-corrected chi connectivity index (χ2v) is 7.34. The van der Waals surface area contributed by atoms with E-state index < -0.39 is 17.7 Å². The van der Waals surface area contributed by atoms with Crippen LogP contribution in [0.4, 0.5) is 0 Å². The Hall–Kier alpha value is -2.90. The summed E-state index contributed by atoms with van der Waals surface area (Å²) in [4.78, 5) is 33.1. The van der Waals surface area contributed by atoms with Crippen molar-refractivity contribution in [1.82, 2.24) is 14.8 Å². The highest BCUT2D eigenvalue weighted by Crippen LogP contribution is 2.39. The van der Waals surface area contributed by atoms with Gasteiger partial charge in [-0.1, -0.05) is 17.7 Å². The number of pyridine rings is 1. The number of aromatic nitrogens is 1. The third-order valence-corrected chi connectivity index (χ3v) is 5.05. The quantitative estimate of drug-likeness (QED) is 0.443. The summed E-state index contributed by atoms with van der Waals surface area (Å²) < 4.78 is 5.13. The molecule has 0 unspecified atom stereocenters.